The highest BCUT2D eigenvalue weighted by Gasteiger charge is 2.44. The number of aliphatic carboxylic acids is 1. The zero-order chi connectivity index (χ0) is 41.7. The predicted molar refractivity (Wildman–Crippen MR) is 231 cm³/mol. The third-order valence-electron chi connectivity index (χ3n) is 11.8. The number of carboxylic acid groups (broad SMARTS) is 1. The quantitative estimate of drug-likeness (QED) is 0.0639. The molecule has 304 valence electrons. The van der Waals surface area contributed by atoms with Crippen molar-refractivity contribution in [1.29, 1.82) is 0 Å². The molecule has 0 saturated heterocycles. The Morgan fingerprint density at radius 3 is 2.27 bits per heavy atom. The van der Waals surface area contributed by atoms with E-state index in [9.17, 15) is 17.8 Å². The van der Waals surface area contributed by atoms with Crippen molar-refractivity contribution in [2.45, 2.75) is 83.9 Å². The summed E-state index contributed by atoms with van der Waals surface area (Å²) < 4.78 is 48.4. The minimum atomic E-state index is -4.21. The van der Waals surface area contributed by atoms with Gasteiger partial charge in [0.1, 0.15) is 34.7 Å². The van der Waals surface area contributed by atoms with Crippen LogP contribution in [-0.2, 0) is 26.9 Å². The SMILES string of the molecule is CC(CCN1C=C(c2cc3ccccc3o2)C=C2C1=N/C(=C\C=C\C1=Nc3c(cc(-c4cc5ccccc5o4)c[n+]3CCCCCC(=O)O)C1(C)C)C2(C)C)S(=O)(=O)O. The molecule has 0 amide bonds. The number of fused-ring (bicyclic) bond motifs is 4. The van der Waals surface area contributed by atoms with E-state index in [-0.39, 0.29) is 12.8 Å². The Bertz CT molecular complexity index is 2730. The standard InChI is InChI=1S/C47H48N4O7S/c1-30(59(54,55)56)21-23-51-29-34(40-27-32-15-9-11-17-38(32)58-40)25-36-45(51)49-42(47(36,4)5)19-13-18-41-46(2,3)35-24-33(39-26-31-14-8-10-16-37(31)57-39)28-50(44(35)48-41)22-12-6-7-20-43(52)53/h8-11,13-19,24-30H,6-7,12,20-23H2,1-5H3,(H-,52,53,54,55,56)/p+1. The molecule has 0 spiro atoms. The van der Waals surface area contributed by atoms with Gasteiger partial charge in [-0.3, -0.25) is 9.35 Å². The summed E-state index contributed by atoms with van der Waals surface area (Å²) in [5.41, 5.74) is 6.20. The van der Waals surface area contributed by atoms with Gasteiger partial charge in [0, 0.05) is 46.5 Å². The number of para-hydroxylation sites is 2. The second-order valence-electron chi connectivity index (χ2n) is 16.7. The first-order valence-corrected chi connectivity index (χ1v) is 21.6. The number of hydrogen-bond donors (Lipinski definition) is 2. The van der Waals surface area contributed by atoms with Gasteiger partial charge in [-0.2, -0.15) is 8.42 Å². The number of carbonyl (C=O) groups is 1. The van der Waals surface area contributed by atoms with Crippen LogP contribution in [0.25, 0.3) is 38.8 Å². The maximum absolute atomic E-state index is 12.0. The summed E-state index contributed by atoms with van der Waals surface area (Å²) in [4.78, 5) is 23.5. The maximum atomic E-state index is 12.0. The zero-order valence-corrected chi connectivity index (χ0v) is 34.8. The lowest BCUT2D eigenvalue weighted by Crippen LogP contribution is -2.35. The Balaban J connectivity index is 1.11. The fourth-order valence-electron chi connectivity index (χ4n) is 8.02. The van der Waals surface area contributed by atoms with Crippen molar-refractivity contribution in [3.8, 4) is 11.3 Å². The Hall–Kier alpha value is -5.85. The average molecular weight is 814 g/mol. The van der Waals surface area contributed by atoms with Crippen molar-refractivity contribution in [2.75, 3.05) is 6.54 Å². The summed E-state index contributed by atoms with van der Waals surface area (Å²) >= 11 is 0. The van der Waals surface area contributed by atoms with E-state index in [4.69, 9.17) is 23.9 Å². The van der Waals surface area contributed by atoms with E-state index in [0.717, 1.165) is 85.9 Å². The number of benzene rings is 2. The third kappa shape index (κ3) is 7.86. The van der Waals surface area contributed by atoms with Crippen LogP contribution in [0.4, 0.5) is 5.82 Å². The molecule has 0 radical (unpaired) electrons. The van der Waals surface area contributed by atoms with E-state index >= 15 is 0 Å². The van der Waals surface area contributed by atoms with Crippen molar-refractivity contribution < 1.29 is 36.3 Å². The second-order valence-corrected chi connectivity index (χ2v) is 18.5. The zero-order valence-electron chi connectivity index (χ0n) is 34.0. The minimum Gasteiger partial charge on any atom is -0.481 e. The summed E-state index contributed by atoms with van der Waals surface area (Å²) in [5.74, 6) is 2.29. The number of amidine groups is 1. The van der Waals surface area contributed by atoms with Crippen molar-refractivity contribution in [3.63, 3.8) is 0 Å². The molecule has 5 aromatic rings. The smallest absolute Gasteiger partial charge is 0.327 e. The van der Waals surface area contributed by atoms with Crippen LogP contribution in [0.1, 0.15) is 78.0 Å². The normalized spacial score (nSPS) is 18.3. The average Bonchev–Trinajstić information content (AvgIpc) is 3.94. The monoisotopic (exact) mass is 813 g/mol. The van der Waals surface area contributed by atoms with E-state index in [2.05, 4.69) is 56.7 Å². The fraction of sp³-hybridized carbons (Fsp3) is 0.319. The first-order valence-electron chi connectivity index (χ1n) is 20.1. The number of furan rings is 2. The summed E-state index contributed by atoms with van der Waals surface area (Å²) in [6, 6.07) is 22.0. The van der Waals surface area contributed by atoms with Gasteiger partial charge in [0.2, 0.25) is 0 Å². The lowest BCUT2D eigenvalue weighted by molar-refractivity contribution is -0.684. The van der Waals surface area contributed by atoms with Crippen LogP contribution >= 0.6 is 0 Å². The minimum absolute atomic E-state index is 0.154. The van der Waals surface area contributed by atoms with E-state index in [0.29, 0.717) is 25.3 Å². The van der Waals surface area contributed by atoms with Crippen molar-refractivity contribution in [1.82, 2.24) is 4.90 Å². The summed E-state index contributed by atoms with van der Waals surface area (Å²) in [6.45, 7) is 11.1. The van der Waals surface area contributed by atoms with Gasteiger partial charge in [-0.15, -0.1) is 0 Å². The van der Waals surface area contributed by atoms with Gasteiger partial charge in [-0.25, -0.2) is 9.56 Å². The van der Waals surface area contributed by atoms with Crippen molar-refractivity contribution in [3.05, 3.63) is 126 Å². The molecule has 1 unspecified atom stereocenters. The first kappa shape index (κ1) is 40.0. The number of unbranched alkanes of at least 4 members (excludes halogenated alkanes) is 2. The molecule has 3 aliphatic rings. The highest BCUT2D eigenvalue weighted by molar-refractivity contribution is 7.86. The van der Waals surface area contributed by atoms with Crippen LogP contribution < -0.4 is 4.57 Å². The number of carboxylic acids is 1. The third-order valence-corrected chi connectivity index (χ3v) is 13.1. The van der Waals surface area contributed by atoms with E-state index in [1.165, 1.54) is 6.92 Å². The highest BCUT2D eigenvalue weighted by atomic mass is 32.2. The molecule has 8 rings (SSSR count). The molecule has 6 heterocycles. The van der Waals surface area contributed by atoms with Gasteiger partial charge in [-0.1, -0.05) is 56.3 Å². The lowest BCUT2D eigenvalue weighted by Gasteiger charge is -2.30. The number of rotatable bonds is 14. The highest BCUT2D eigenvalue weighted by Crippen LogP contribution is 2.47. The first-order chi connectivity index (χ1) is 28.1. The number of aryl methyl sites for hydroxylation is 1. The van der Waals surface area contributed by atoms with Gasteiger partial charge in [0.25, 0.3) is 10.1 Å². The fourth-order valence-corrected chi connectivity index (χ4v) is 8.42. The van der Waals surface area contributed by atoms with Crippen LogP contribution in [0.5, 0.6) is 0 Å². The Morgan fingerprint density at radius 2 is 1.59 bits per heavy atom. The number of nitrogens with zero attached hydrogens (tertiary/aromatic N) is 4. The summed E-state index contributed by atoms with van der Waals surface area (Å²) in [5, 5.41) is 10.2. The molecule has 0 bridgehead atoms. The van der Waals surface area contributed by atoms with E-state index < -0.39 is 32.2 Å². The molecule has 0 fully saturated rings. The van der Waals surface area contributed by atoms with Gasteiger partial charge >= 0.3 is 11.8 Å². The molecule has 11 nitrogen and oxygen atoms in total. The van der Waals surface area contributed by atoms with Gasteiger partial charge in [0.05, 0.1) is 34.0 Å². The molecule has 3 aliphatic heterocycles. The lowest BCUT2D eigenvalue weighted by atomic mass is 9.80. The maximum Gasteiger partial charge on any atom is 0.327 e. The Morgan fingerprint density at radius 1 is 0.915 bits per heavy atom. The molecule has 12 heteroatoms. The molecule has 0 aliphatic carbocycles. The largest absolute Gasteiger partial charge is 0.481 e. The van der Waals surface area contributed by atoms with Crippen LogP contribution in [0.15, 0.2) is 134 Å². The number of aliphatic imine (C=N–C) groups is 2. The number of aromatic nitrogens is 1. The molecule has 2 aromatic carbocycles. The Labute approximate surface area is 344 Å². The predicted octanol–water partition coefficient (Wildman–Crippen LogP) is 9.97. The number of pyridine rings is 1. The van der Waals surface area contributed by atoms with Crippen LogP contribution in [0.2, 0.25) is 0 Å². The second kappa shape index (κ2) is 15.4. The molecule has 59 heavy (non-hydrogen) atoms. The number of allylic oxidation sites excluding steroid dienone is 6. The van der Waals surface area contributed by atoms with Crippen LogP contribution in [0.3, 0.4) is 0 Å². The van der Waals surface area contributed by atoms with Crippen LogP contribution in [-0.4, -0.2) is 52.3 Å². The van der Waals surface area contributed by atoms with E-state index in [1.54, 1.807) is 0 Å². The number of hydrogen-bond acceptors (Lipinski definition) is 8. The molecule has 0 saturated carbocycles. The van der Waals surface area contributed by atoms with Gasteiger partial charge in [0.15, 0.2) is 5.71 Å². The molecular formula is C47H49N4O7S+. The molecule has 2 N–H and O–H groups in total. The molecular weight excluding hydrogens is 765 g/mol. The Kier molecular flexibility index (Phi) is 10.4. The van der Waals surface area contributed by atoms with Gasteiger partial charge in [-0.05, 0) is 100 Å². The van der Waals surface area contributed by atoms with Gasteiger partial charge < -0.3 is 18.8 Å². The van der Waals surface area contributed by atoms with E-state index in [1.807, 2.05) is 83.9 Å². The topological polar surface area (TPSA) is 150 Å². The van der Waals surface area contributed by atoms with Crippen molar-refractivity contribution in [2.24, 2.45) is 15.4 Å². The molecule has 1 atom stereocenters. The summed E-state index contributed by atoms with van der Waals surface area (Å²) in [7, 11) is -4.21. The van der Waals surface area contributed by atoms with Crippen LogP contribution in [0, 0.1) is 5.41 Å². The molecule has 3 aromatic heterocycles. The summed E-state index contributed by atoms with van der Waals surface area (Å²) in [6.07, 6.45) is 14.8. The van der Waals surface area contributed by atoms with Crippen molar-refractivity contribution >= 4 is 61.0 Å².